The maximum absolute atomic E-state index is 12.8. The van der Waals surface area contributed by atoms with E-state index in [4.69, 9.17) is 0 Å². The molecule has 0 bridgehead atoms. The highest BCUT2D eigenvalue weighted by atomic mass is 19.4. The van der Waals surface area contributed by atoms with Crippen LogP contribution in [0.25, 0.3) is 16.8 Å². The first-order chi connectivity index (χ1) is 10.8. The van der Waals surface area contributed by atoms with Gasteiger partial charge in [-0.1, -0.05) is 0 Å². The summed E-state index contributed by atoms with van der Waals surface area (Å²) in [4.78, 5) is 18.7. The fraction of sp³-hybridized carbons (Fsp3) is 0.143. The Morgan fingerprint density at radius 2 is 2.00 bits per heavy atom. The van der Waals surface area contributed by atoms with Crippen molar-refractivity contribution in [3.8, 4) is 11.1 Å². The van der Waals surface area contributed by atoms with Crippen LogP contribution in [-0.4, -0.2) is 25.5 Å². The van der Waals surface area contributed by atoms with Crippen molar-refractivity contribution in [1.29, 1.82) is 0 Å². The van der Waals surface area contributed by atoms with E-state index in [9.17, 15) is 18.0 Å². The summed E-state index contributed by atoms with van der Waals surface area (Å²) in [7, 11) is 0. The number of hydrogen-bond acceptors (Lipinski definition) is 4. The summed E-state index contributed by atoms with van der Waals surface area (Å²) in [6.45, 7) is 1.32. The van der Waals surface area contributed by atoms with E-state index in [1.165, 1.54) is 23.8 Å². The lowest BCUT2D eigenvalue weighted by Gasteiger charge is -2.08. The number of hydrogen-bond donors (Lipinski definition) is 1. The summed E-state index contributed by atoms with van der Waals surface area (Å²) >= 11 is 0. The van der Waals surface area contributed by atoms with Crippen molar-refractivity contribution in [1.82, 2.24) is 19.6 Å². The minimum Gasteiger partial charge on any atom is -0.293 e. The second-order valence-electron chi connectivity index (χ2n) is 4.80. The highest BCUT2D eigenvalue weighted by Gasteiger charge is 2.31. The van der Waals surface area contributed by atoms with E-state index in [0.717, 1.165) is 12.3 Å². The molecule has 3 aromatic heterocycles. The van der Waals surface area contributed by atoms with Crippen molar-refractivity contribution in [3.63, 3.8) is 0 Å². The Balaban J connectivity index is 2.02. The summed E-state index contributed by atoms with van der Waals surface area (Å²) in [6.07, 6.45) is -0.835. The van der Waals surface area contributed by atoms with E-state index in [2.05, 4.69) is 20.4 Å². The van der Waals surface area contributed by atoms with Gasteiger partial charge in [-0.3, -0.25) is 15.1 Å². The van der Waals surface area contributed by atoms with E-state index < -0.39 is 11.7 Å². The van der Waals surface area contributed by atoms with Crippen molar-refractivity contribution in [3.05, 3.63) is 42.4 Å². The van der Waals surface area contributed by atoms with Crippen molar-refractivity contribution in [2.45, 2.75) is 13.1 Å². The molecule has 0 atom stereocenters. The lowest BCUT2D eigenvalue weighted by Crippen LogP contribution is -2.07. The fourth-order valence-electron chi connectivity index (χ4n) is 2.02. The number of anilines is 1. The molecule has 0 spiro atoms. The van der Waals surface area contributed by atoms with Crippen molar-refractivity contribution in [2.75, 3.05) is 5.32 Å². The molecule has 1 N–H and O–H groups in total. The van der Waals surface area contributed by atoms with Gasteiger partial charge in [0.2, 0.25) is 11.9 Å². The zero-order chi connectivity index (χ0) is 16.6. The number of fused-ring (bicyclic) bond motifs is 1. The number of pyridine rings is 2. The van der Waals surface area contributed by atoms with Crippen LogP contribution in [0.3, 0.4) is 0 Å². The fourth-order valence-corrected chi connectivity index (χ4v) is 2.02. The number of nitrogens with one attached hydrogen (secondary N) is 1. The monoisotopic (exact) mass is 321 g/mol. The minimum atomic E-state index is -4.46. The van der Waals surface area contributed by atoms with Gasteiger partial charge in [0.15, 0.2) is 5.65 Å². The van der Waals surface area contributed by atoms with Gasteiger partial charge in [-0.2, -0.15) is 18.2 Å². The van der Waals surface area contributed by atoms with Gasteiger partial charge in [-0.25, -0.2) is 4.52 Å². The molecule has 23 heavy (non-hydrogen) atoms. The third-order valence-corrected chi connectivity index (χ3v) is 3.02. The van der Waals surface area contributed by atoms with E-state index in [1.54, 1.807) is 12.1 Å². The maximum atomic E-state index is 12.8. The van der Waals surface area contributed by atoms with Crippen LogP contribution in [0.4, 0.5) is 19.1 Å². The van der Waals surface area contributed by atoms with Crippen molar-refractivity contribution < 1.29 is 18.0 Å². The summed E-state index contributed by atoms with van der Waals surface area (Å²) < 4.78 is 39.6. The second kappa shape index (κ2) is 5.34. The van der Waals surface area contributed by atoms with E-state index >= 15 is 0 Å². The van der Waals surface area contributed by atoms with Gasteiger partial charge in [0.25, 0.3) is 0 Å². The average molecular weight is 321 g/mol. The van der Waals surface area contributed by atoms with Crippen LogP contribution in [0.2, 0.25) is 0 Å². The molecule has 3 aromatic rings. The van der Waals surface area contributed by atoms with Crippen molar-refractivity contribution in [2.24, 2.45) is 0 Å². The minimum absolute atomic E-state index is 0.122. The lowest BCUT2D eigenvalue weighted by atomic mass is 10.1. The van der Waals surface area contributed by atoms with Gasteiger partial charge in [0.1, 0.15) is 0 Å². The molecule has 0 fully saturated rings. The summed E-state index contributed by atoms with van der Waals surface area (Å²) in [5.74, 6) is -0.194. The molecule has 118 valence electrons. The molecule has 1 amide bonds. The molecule has 0 unspecified atom stereocenters. The summed E-state index contributed by atoms with van der Waals surface area (Å²) in [5.41, 5.74) is 0.429. The molecule has 0 aliphatic rings. The van der Waals surface area contributed by atoms with Crippen LogP contribution in [-0.2, 0) is 11.0 Å². The maximum Gasteiger partial charge on any atom is 0.417 e. The van der Waals surface area contributed by atoms with Crippen LogP contribution in [0.15, 0.2) is 36.8 Å². The van der Waals surface area contributed by atoms with E-state index in [-0.39, 0.29) is 11.9 Å². The smallest absolute Gasteiger partial charge is 0.293 e. The summed E-state index contributed by atoms with van der Waals surface area (Å²) in [6, 6.07) is 4.21. The molecule has 3 rings (SSSR count). The van der Waals surface area contributed by atoms with Crippen LogP contribution in [0.5, 0.6) is 0 Å². The van der Waals surface area contributed by atoms with Gasteiger partial charge in [-0.05, 0) is 18.2 Å². The average Bonchev–Trinajstić information content (AvgIpc) is 2.86. The molecule has 6 nitrogen and oxygen atoms in total. The zero-order valence-corrected chi connectivity index (χ0v) is 11.8. The number of carbonyl (C=O) groups is 1. The highest BCUT2D eigenvalue weighted by molar-refractivity contribution is 5.86. The van der Waals surface area contributed by atoms with Gasteiger partial charge in [-0.15, -0.1) is 5.10 Å². The molecule has 0 saturated carbocycles. The Morgan fingerprint density at radius 3 is 2.70 bits per heavy atom. The molecule has 0 aromatic carbocycles. The first-order valence-electron chi connectivity index (χ1n) is 6.49. The predicted octanol–water partition coefficient (Wildman–Crippen LogP) is 2.77. The quantitative estimate of drug-likeness (QED) is 0.788. The first kappa shape index (κ1) is 14.9. The van der Waals surface area contributed by atoms with Gasteiger partial charge in [0, 0.05) is 36.6 Å². The highest BCUT2D eigenvalue weighted by Crippen LogP contribution is 2.31. The zero-order valence-electron chi connectivity index (χ0n) is 11.8. The molecule has 0 aliphatic carbocycles. The second-order valence-corrected chi connectivity index (χ2v) is 4.80. The first-order valence-corrected chi connectivity index (χ1v) is 6.49. The number of amides is 1. The third-order valence-electron chi connectivity index (χ3n) is 3.02. The number of alkyl halides is 3. The molecule has 0 saturated heterocycles. The Kier molecular flexibility index (Phi) is 3.47. The Morgan fingerprint density at radius 1 is 1.22 bits per heavy atom. The Hall–Kier alpha value is -2.97. The molecule has 9 heteroatoms. The normalized spacial score (nSPS) is 11.7. The molecular formula is C14H10F3N5O. The Bertz CT molecular complexity index is 887. The topological polar surface area (TPSA) is 72.2 Å². The largest absolute Gasteiger partial charge is 0.417 e. The molecule has 0 aliphatic heterocycles. The number of carbonyl (C=O) groups excluding carboxylic acids is 1. The Labute approximate surface area is 128 Å². The van der Waals surface area contributed by atoms with Crippen LogP contribution in [0.1, 0.15) is 12.5 Å². The molecule has 0 radical (unpaired) electrons. The predicted molar refractivity (Wildman–Crippen MR) is 75.5 cm³/mol. The van der Waals surface area contributed by atoms with E-state index in [1.807, 2.05) is 0 Å². The van der Waals surface area contributed by atoms with Gasteiger partial charge >= 0.3 is 6.18 Å². The SMILES string of the molecule is CC(=O)Nc1nc2ccc(-c3cncc(C(F)(F)F)c3)cn2n1. The number of halogens is 3. The number of nitrogens with zero attached hydrogens (tertiary/aromatic N) is 4. The van der Waals surface area contributed by atoms with E-state index in [0.29, 0.717) is 16.8 Å². The standard InChI is InChI=1S/C14H10F3N5O/c1-8(23)19-13-20-12-3-2-9(7-22(12)21-13)10-4-11(6-18-5-10)14(15,16)17/h2-7H,1H3,(H,19,21,23). The third kappa shape index (κ3) is 3.12. The molecule has 3 heterocycles. The van der Waals surface area contributed by atoms with Crippen LogP contribution >= 0.6 is 0 Å². The summed E-state index contributed by atoms with van der Waals surface area (Å²) in [5, 5.41) is 6.48. The number of rotatable bonds is 2. The van der Waals surface area contributed by atoms with Crippen LogP contribution in [0, 0.1) is 0 Å². The number of aromatic nitrogens is 4. The lowest BCUT2D eigenvalue weighted by molar-refractivity contribution is -0.137. The molecular weight excluding hydrogens is 311 g/mol. The van der Waals surface area contributed by atoms with Crippen molar-refractivity contribution >= 4 is 17.5 Å². The van der Waals surface area contributed by atoms with Gasteiger partial charge in [0.05, 0.1) is 5.56 Å². The van der Waals surface area contributed by atoms with Gasteiger partial charge < -0.3 is 0 Å². The van der Waals surface area contributed by atoms with Crippen LogP contribution < -0.4 is 5.32 Å².